The van der Waals surface area contributed by atoms with E-state index >= 15 is 0 Å². The number of fused-ring (bicyclic) bond motifs is 1. The summed E-state index contributed by atoms with van der Waals surface area (Å²) in [6, 6.07) is 0. The second kappa shape index (κ2) is 4.47. The Morgan fingerprint density at radius 3 is 2.85 bits per heavy atom. The SMILES string of the molecule is O=C(N1CCn2ccnc2C1)C1(C(F)(F)F)CCNC1. The first kappa shape index (κ1) is 13.4. The lowest BCUT2D eigenvalue weighted by Crippen LogP contribution is -2.54. The van der Waals surface area contributed by atoms with Gasteiger partial charge in [-0.1, -0.05) is 0 Å². The van der Waals surface area contributed by atoms with Gasteiger partial charge >= 0.3 is 6.18 Å². The van der Waals surface area contributed by atoms with Crippen molar-refractivity contribution in [1.82, 2.24) is 19.8 Å². The topological polar surface area (TPSA) is 50.2 Å². The first-order valence-electron chi connectivity index (χ1n) is 6.51. The van der Waals surface area contributed by atoms with Gasteiger partial charge in [0.15, 0.2) is 5.41 Å². The maximum absolute atomic E-state index is 13.3. The van der Waals surface area contributed by atoms with Crippen LogP contribution in [0.1, 0.15) is 12.2 Å². The molecule has 2 aliphatic heterocycles. The molecule has 110 valence electrons. The highest BCUT2D eigenvalue weighted by molar-refractivity contribution is 5.84. The van der Waals surface area contributed by atoms with Crippen molar-refractivity contribution in [2.24, 2.45) is 5.41 Å². The minimum atomic E-state index is -4.53. The third-order valence-corrected chi connectivity index (χ3v) is 4.14. The molecule has 2 aliphatic rings. The van der Waals surface area contributed by atoms with E-state index in [1.54, 1.807) is 12.4 Å². The van der Waals surface area contributed by atoms with E-state index in [0.717, 1.165) is 0 Å². The molecule has 1 amide bonds. The molecule has 3 rings (SSSR count). The number of carbonyl (C=O) groups excluding carboxylic acids is 1. The average Bonchev–Trinajstić information content (AvgIpc) is 3.05. The van der Waals surface area contributed by atoms with Gasteiger partial charge in [0.05, 0.1) is 6.54 Å². The predicted molar refractivity (Wildman–Crippen MR) is 63.6 cm³/mol. The van der Waals surface area contributed by atoms with Crippen LogP contribution in [0.5, 0.6) is 0 Å². The van der Waals surface area contributed by atoms with E-state index in [9.17, 15) is 18.0 Å². The zero-order valence-corrected chi connectivity index (χ0v) is 10.8. The fraction of sp³-hybridized carbons (Fsp3) is 0.667. The van der Waals surface area contributed by atoms with Crippen molar-refractivity contribution in [3.05, 3.63) is 18.2 Å². The number of hydrogen-bond donors (Lipinski definition) is 1. The van der Waals surface area contributed by atoms with Gasteiger partial charge in [0.1, 0.15) is 5.82 Å². The smallest absolute Gasteiger partial charge is 0.333 e. The van der Waals surface area contributed by atoms with Crippen LogP contribution in [0, 0.1) is 5.41 Å². The average molecular weight is 288 g/mol. The van der Waals surface area contributed by atoms with Gasteiger partial charge < -0.3 is 14.8 Å². The van der Waals surface area contributed by atoms with Gasteiger partial charge in [0.25, 0.3) is 0 Å². The van der Waals surface area contributed by atoms with Crippen molar-refractivity contribution in [2.45, 2.75) is 25.7 Å². The molecule has 3 heterocycles. The highest BCUT2D eigenvalue weighted by Crippen LogP contribution is 2.44. The van der Waals surface area contributed by atoms with Gasteiger partial charge in [-0.15, -0.1) is 0 Å². The lowest BCUT2D eigenvalue weighted by molar-refractivity contribution is -0.222. The van der Waals surface area contributed by atoms with Crippen LogP contribution in [-0.4, -0.2) is 46.2 Å². The van der Waals surface area contributed by atoms with Gasteiger partial charge in [-0.3, -0.25) is 4.79 Å². The maximum Gasteiger partial charge on any atom is 0.404 e. The van der Waals surface area contributed by atoms with Crippen molar-refractivity contribution in [3.8, 4) is 0 Å². The van der Waals surface area contributed by atoms with Gasteiger partial charge in [0.2, 0.25) is 5.91 Å². The Bertz CT molecular complexity index is 519. The summed E-state index contributed by atoms with van der Waals surface area (Å²) in [4.78, 5) is 17.8. The Balaban J connectivity index is 1.85. The number of imidazole rings is 1. The van der Waals surface area contributed by atoms with Crippen LogP contribution in [-0.2, 0) is 17.9 Å². The largest absolute Gasteiger partial charge is 0.404 e. The van der Waals surface area contributed by atoms with Crippen LogP contribution in [0.3, 0.4) is 0 Å². The molecule has 0 aromatic carbocycles. The summed E-state index contributed by atoms with van der Waals surface area (Å²) in [6.45, 7) is 0.806. The fourth-order valence-electron chi connectivity index (χ4n) is 2.89. The van der Waals surface area contributed by atoms with Crippen molar-refractivity contribution in [2.75, 3.05) is 19.6 Å². The molecule has 1 atom stereocenters. The summed E-state index contributed by atoms with van der Waals surface area (Å²) < 4.78 is 41.9. The van der Waals surface area contributed by atoms with Gasteiger partial charge in [0, 0.05) is 32.0 Å². The van der Waals surface area contributed by atoms with Crippen LogP contribution >= 0.6 is 0 Å². The predicted octanol–water partition coefficient (Wildman–Crippen LogP) is 0.767. The molecular weight excluding hydrogens is 273 g/mol. The highest BCUT2D eigenvalue weighted by atomic mass is 19.4. The molecule has 20 heavy (non-hydrogen) atoms. The van der Waals surface area contributed by atoms with E-state index in [-0.39, 0.29) is 26.1 Å². The molecule has 8 heteroatoms. The lowest BCUT2D eigenvalue weighted by Gasteiger charge is -2.37. The van der Waals surface area contributed by atoms with Gasteiger partial charge in [-0.2, -0.15) is 13.2 Å². The molecule has 1 aromatic heterocycles. The van der Waals surface area contributed by atoms with E-state index in [1.165, 1.54) is 4.90 Å². The molecule has 1 aromatic rings. The fourth-order valence-corrected chi connectivity index (χ4v) is 2.89. The first-order valence-corrected chi connectivity index (χ1v) is 6.51. The van der Waals surface area contributed by atoms with Gasteiger partial charge in [-0.05, 0) is 13.0 Å². The Hall–Kier alpha value is -1.57. The molecule has 0 spiro atoms. The number of hydrogen-bond acceptors (Lipinski definition) is 3. The standard InChI is InChI=1S/C12H15F3N4O/c13-12(14,15)11(1-2-16-8-11)10(20)19-6-5-18-4-3-17-9(18)7-19/h3-4,16H,1-2,5-8H2. The number of nitrogens with zero attached hydrogens (tertiary/aromatic N) is 3. The van der Waals surface area contributed by atoms with E-state index in [2.05, 4.69) is 10.3 Å². The zero-order valence-electron chi connectivity index (χ0n) is 10.8. The number of rotatable bonds is 1. The molecule has 1 fully saturated rings. The lowest BCUT2D eigenvalue weighted by atomic mass is 9.84. The molecule has 0 saturated carbocycles. The minimum absolute atomic E-state index is 0.143. The zero-order chi connectivity index (χ0) is 14.4. The highest BCUT2D eigenvalue weighted by Gasteiger charge is 2.62. The van der Waals surface area contributed by atoms with Crippen LogP contribution in [0.4, 0.5) is 13.2 Å². The molecule has 0 bridgehead atoms. The molecule has 1 unspecified atom stereocenters. The molecular formula is C12H15F3N4O. The Morgan fingerprint density at radius 1 is 1.40 bits per heavy atom. The van der Waals surface area contributed by atoms with E-state index in [1.807, 2.05) is 4.57 Å². The van der Waals surface area contributed by atoms with Crippen molar-refractivity contribution in [3.63, 3.8) is 0 Å². The summed E-state index contributed by atoms with van der Waals surface area (Å²) in [7, 11) is 0. The van der Waals surface area contributed by atoms with E-state index < -0.39 is 17.5 Å². The number of amides is 1. The molecule has 0 aliphatic carbocycles. The quantitative estimate of drug-likeness (QED) is 0.830. The van der Waals surface area contributed by atoms with Crippen LogP contribution in [0.25, 0.3) is 0 Å². The Kier molecular flexibility index (Phi) is 3.00. The molecule has 1 saturated heterocycles. The maximum atomic E-state index is 13.3. The van der Waals surface area contributed by atoms with Crippen molar-refractivity contribution < 1.29 is 18.0 Å². The summed E-state index contributed by atoms with van der Waals surface area (Å²) in [5, 5.41) is 2.67. The number of halogens is 3. The Morgan fingerprint density at radius 2 is 2.20 bits per heavy atom. The number of nitrogens with one attached hydrogen (secondary N) is 1. The minimum Gasteiger partial charge on any atom is -0.333 e. The summed E-state index contributed by atoms with van der Waals surface area (Å²) >= 11 is 0. The monoisotopic (exact) mass is 288 g/mol. The normalized spacial score (nSPS) is 26.6. The summed E-state index contributed by atoms with van der Waals surface area (Å²) in [6.07, 6.45) is -1.35. The molecule has 0 radical (unpaired) electrons. The van der Waals surface area contributed by atoms with Crippen LogP contribution in [0.2, 0.25) is 0 Å². The Labute approximate surface area is 113 Å². The summed E-state index contributed by atoms with van der Waals surface area (Å²) in [5.74, 6) is -0.197. The molecule has 5 nitrogen and oxygen atoms in total. The number of carbonyl (C=O) groups is 1. The second-order valence-corrected chi connectivity index (χ2v) is 5.27. The summed E-state index contributed by atoms with van der Waals surface area (Å²) in [5.41, 5.74) is -2.28. The van der Waals surface area contributed by atoms with Gasteiger partial charge in [-0.25, -0.2) is 4.98 Å². The van der Waals surface area contributed by atoms with Crippen molar-refractivity contribution >= 4 is 5.91 Å². The third-order valence-electron chi connectivity index (χ3n) is 4.14. The van der Waals surface area contributed by atoms with Crippen LogP contribution < -0.4 is 5.32 Å². The first-order chi connectivity index (χ1) is 9.44. The van der Waals surface area contributed by atoms with Crippen LogP contribution in [0.15, 0.2) is 12.4 Å². The van der Waals surface area contributed by atoms with Crippen molar-refractivity contribution in [1.29, 1.82) is 0 Å². The second-order valence-electron chi connectivity index (χ2n) is 5.27. The number of aromatic nitrogens is 2. The number of alkyl halides is 3. The van der Waals surface area contributed by atoms with E-state index in [4.69, 9.17) is 0 Å². The molecule has 1 N–H and O–H groups in total. The van der Waals surface area contributed by atoms with E-state index in [0.29, 0.717) is 18.9 Å². The third kappa shape index (κ3) is 1.90.